The lowest BCUT2D eigenvalue weighted by Gasteiger charge is -2.21. The van der Waals surface area contributed by atoms with Gasteiger partial charge in [0.05, 0.1) is 5.71 Å². The summed E-state index contributed by atoms with van der Waals surface area (Å²) in [6.45, 7) is 6.54. The number of amides is 1. The molecule has 0 aliphatic rings. The van der Waals surface area contributed by atoms with Crippen LogP contribution in [0.4, 0.5) is 0 Å². The standard InChI is InChI=1S/C20H22N2OS/c1-4-5-6-20(21-3)19-9-7-17(8-10-19)13-22(16(2)23)14-18-11-12-24-15-18/h4-12,15H,1,13-14H2,2-3H3/b6-5-,21-20?. The first-order chi connectivity index (χ1) is 11.6. The van der Waals surface area contributed by atoms with Crippen LogP contribution in [0.5, 0.6) is 0 Å². The molecule has 0 unspecified atom stereocenters. The molecule has 124 valence electrons. The second-order valence-electron chi connectivity index (χ2n) is 5.41. The number of hydrogen-bond donors (Lipinski definition) is 0. The molecule has 0 aliphatic heterocycles. The fourth-order valence-electron chi connectivity index (χ4n) is 2.34. The Bertz CT molecular complexity index is 728. The zero-order chi connectivity index (χ0) is 17.4. The first kappa shape index (κ1) is 17.9. The Morgan fingerprint density at radius 3 is 2.46 bits per heavy atom. The molecule has 1 aromatic heterocycles. The number of thiophene rings is 1. The number of allylic oxidation sites excluding steroid dienone is 3. The van der Waals surface area contributed by atoms with E-state index in [1.54, 1.807) is 31.4 Å². The summed E-state index contributed by atoms with van der Waals surface area (Å²) in [5.41, 5.74) is 4.23. The van der Waals surface area contributed by atoms with Crippen LogP contribution >= 0.6 is 11.3 Å². The lowest BCUT2D eigenvalue weighted by Crippen LogP contribution is -2.27. The zero-order valence-electron chi connectivity index (χ0n) is 14.1. The van der Waals surface area contributed by atoms with E-state index in [9.17, 15) is 4.79 Å². The second-order valence-corrected chi connectivity index (χ2v) is 6.19. The molecule has 4 heteroatoms. The van der Waals surface area contributed by atoms with Crippen molar-refractivity contribution in [3.05, 3.63) is 82.6 Å². The normalized spacial score (nSPS) is 11.7. The number of hydrogen-bond acceptors (Lipinski definition) is 3. The van der Waals surface area contributed by atoms with Crippen molar-refractivity contribution in [2.45, 2.75) is 20.0 Å². The van der Waals surface area contributed by atoms with Crippen LogP contribution in [-0.4, -0.2) is 23.6 Å². The average Bonchev–Trinajstić information content (AvgIpc) is 3.09. The number of rotatable bonds is 7. The van der Waals surface area contributed by atoms with E-state index in [4.69, 9.17) is 0 Å². The summed E-state index contributed by atoms with van der Waals surface area (Å²) in [5, 5.41) is 4.11. The van der Waals surface area contributed by atoms with Crippen LogP contribution in [0, 0.1) is 0 Å². The third-order valence-electron chi connectivity index (χ3n) is 3.65. The van der Waals surface area contributed by atoms with Crippen LogP contribution < -0.4 is 0 Å². The maximum absolute atomic E-state index is 11.9. The minimum atomic E-state index is 0.0787. The van der Waals surface area contributed by atoms with E-state index in [2.05, 4.69) is 23.0 Å². The van der Waals surface area contributed by atoms with Gasteiger partial charge in [0.25, 0.3) is 0 Å². The maximum atomic E-state index is 11.9. The van der Waals surface area contributed by atoms with E-state index >= 15 is 0 Å². The molecule has 1 aromatic carbocycles. The van der Waals surface area contributed by atoms with Crippen molar-refractivity contribution >= 4 is 23.0 Å². The Morgan fingerprint density at radius 1 is 1.21 bits per heavy atom. The van der Waals surface area contributed by atoms with Crippen molar-refractivity contribution in [1.82, 2.24) is 4.90 Å². The van der Waals surface area contributed by atoms with Crippen molar-refractivity contribution in [1.29, 1.82) is 0 Å². The van der Waals surface area contributed by atoms with Crippen molar-refractivity contribution in [2.75, 3.05) is 7.05 Å². The molecule has 0 saturated carbocycles. The molecule has 0 radical (unpaired) electrons. The first-order valence-electron chi connectivity index (χ1n) is 7.76. The minimum absolute atomic E-state index is 0.0787. The molecular weight excluding hydrogens is 316 g/mol. The van der Waals surface area contributed by atoms with E-state index < -0.39 is 0 Å². The van der Waals surface area contributed by atoms with E-state index in [0.29, 0.717) is 13.1 Å². The van der Waals surface area contributed by atoms with Crippen molar-refractivity contribution < 1.29 is 4.79 Å². The minimum Gasteiger partial charge on any atom is -0.334 e. The molecule has 2 aromatic rings. The quantitative estimate of drug-likeness (QED) is 0.542. The van der Waals surface area contributed by atoms with Gasteiger partial charge in [0.2, 0.25) is 5.91 Å². The molecule has 3 nitrogen and oxygen atoms in total. The summed E-state index contributed by atoms with van der Waals surface area (Å²) in [5.74, 6) is 0.0787. The molecule has 0 N–H and O–H groups in total. The molecule has 0 aliphatic carbocycles. The van der Waals surface area contributed by atoms with Crippen LogP contribution in [0.2, 0.25) is 0 Å². The molecule has 0 atom stereocenters. The van der Waals surface area contributed by atoms with Crippen LogP contribution in [-0.2, 0) is 17.9 Å². The van der Waals surface area contributed by atoms with Crippen molar-refractivity contribution in [3.8, 4) is 0 Å². The van der Waals surface area contributed by atoms with Crippen LogP contribution in [0.1, 0.15) is 23.6 Å². The largest absolute Gasteiger partial charge is 0.334 e. The fourth-order valence-corrected chi connectivity index (χ4v) is 3.00. The predicted octanol–water partition coefficient (Wildman–Crippen LogP) is 4.46. The summed E-state index contributed by atoms with van der Waals surface area (Å²) in [6.07, 6.45) is 5.53. The van der Waals surface area contributed by atoms with E-state index in [0.717, 1.165) is 16.8 Å². The van der Waals surface area contributed by atoms with Gasteiger partial charge in [-0.05, 0) is 39.6 Å². The van der Waals surface area contributed by atoms with Crippen molar-refractivity contribution in [2.24, 2.45) is 4.99 Å². The molecular formula is C20H22N2OS. The average molecular weight is 338 g/mol. The first-order valence-corrected chi connectivity index (χ1v) is 8.70. The highest BCUT2D eigenvalue weighted by Crippen LogP contribution is 2.14. The van der Waals surface area contributed by atoms with E-state index in [-0.39, 0.29) is 5.91 Å². The molecule has 1 amide bonds. The summed E-state index contributed by atoms with van der Waals surface area (Å²) in [4.78, 5) is 18.0. The number of carbonyl (C=O) groups excluding carboxylic acids is 1. The Hall–Kier alpha value is -2.46. The highest BCUT2D eigenvalue weighted by Gasteiger charge is 2.11. The summed E-state index contributed by atoms with van der Waals surface area (Å²) in [7, 11) is 1.77. The summed E-state index contributed by atoms with van der Waals surface area (Å²) < 4.78 is 0. The molecule has 1 heterocycles. The van der Waals surface area contributed by atoms with E-state index in [1.165, 1.54) is 5.56 Å². The topological polar surface area (TPSA) is 32.7 Å². The SMILES string of the molecule is C=C/C=C\C(=NC)c1ccc(CN(Cc2ccsc2)C(C)=O)cc1. The molecule has 0 spiro atoms. The van der Waals surface area contributed by atoms with E-state index in [1.807, 2.05) is 46.7 Å². The number of nitrogens with zero attached hydrogens (tertiary/aromatic N) is 2. The molecule has 24 heavy (non-hydrogen) atoms. The van der Waals surface area contributed by atoms with Gasteiger partial charge in [0.15, 0.2) is 0 Å². The lowest BCUT2D eigenvalue weighted by atomic mass is 10.1. The van der Waals surface area contributed by atoms with Gasteiger partial charge in [-0.2, -0.15) is 11.3 Å². The Labute approximate surface area is 147 Å². The van der Waals surface area contributed by atoms with Gasteiger partial charge >= 0.3 is 0 Å². The molecule has 0 saturated heterocycles. The Balaban J connectivity index is 2.10. The summed E-state index contributed by atoms with van der Waals surface area (Å²) in [6, 6.07) is 10.2. The highest BCUT2D eigenvalue weighted by molar-refractivity contribution is 7.07. The van der Waals surface area contributed by atoms with Gasteiger partial charge in [0, 0.05) is 27.1 Å². The predicted molar refractivity (Wildman–Crippen MR) is 102 cm³/mol. The van der Waals surface area contributed by atoms with Crippen LogP contribution in [0.25, 0.3) is 0 Å². The highest BCUT2D eigenvalue weighted by atomic mass is 32.1. The lowest BCUT2D eigenvalue weighted by molar-refractivity contribution is -0.130. The van der Waals surface area contributed by atoms with Gasteiger partial charge in [-0.15, -0.1) is 0 Å². The zero-order valence-corrected chi connectivity index (χ0v) is 14.9. The second kappa shape index (κ2) is 8.99. The van der Waals surface area contributed by atoms with Gasteiger partial charge in [-0.25, -0.2) is 0 Å². The van der Waals surface area contributed by atoms with Gasteiger partial charge < -0.3 is 4.90 Å². The number of benzene rings is 1. The Kier molecular flexibility index (Phi) is 6.70. The Morgan fingerprint density at radius 2 is 1.92 bits per heavy atom. The number of aliphatic imine (C=N–C) groups is 1. The van der Waals surface area contributed by atoms with Crippen molar-refractivity contribution in [3.63, 3.8) is 0 Å². The van der Waals surface area contributed by atoms with Gasteiger partial charge in [-0.3, -0.25) is 9.79 Å². The third kappa shape index (κ3) is 5.03. The monoisotopic (exact) mass is 338 g/mol. The number of carbonyl (C=O) groups is 1. The third-order valence-corrected chi connectivity index (χ3v) is 4.39. The van der Waals surface area contributed by atoms with Crippen LogP contribution in [0.3, 0.4) is 0 Å². The summed E-state index contributed by atoms with van der Waals surface area (Å²) >= 11 is 1.65. The van der Waals surface area contributed by atoms with Crippen LogP contribution in [0.15, 0.2) is 70.9 Å². The van der Waals surface area contributed by atoms with Gasteiger partial charge in [0.1, 0.15) is 0 Å². The smallest absolute Gasteiger partial charge is 0.220 e. The maximum Gasteiger partial charge on any atom is 0.220 e. The van der Waals surface area contributed by atoms with Gasteiger partial charge in [-0.1, -0.05) is 43.0 Å². The molecule has 0 fully saturated rings. The molecule has 0 bridgehead atoms. The molecule has 2 rings (SSSR count). The fraction of sp³-hybridized carbons (Fsp3) is 0.200.